The summed E-state index contributed by atoms with van der Waals surface area (Å²) >= 11 is 1.28. The van der Waals surface area contributed by atoms with E-state index in [0.29, 0.717) is 28.0 Å². The number of carbonyl (C=O) groups is 2. The Labute approximate surface area is 157 Å². The molecule has 0 spiro atoms. The normalized spacial score (nSPS) is 11.6. The van der Waals surface area contributed by atoms with Crippen molar-refractivity contribution in [3.05, 3.63) is 68.5 Å². The number of rotatable bonds is 4. The van der Waals surface area contributed by atoms with Crippen molar-refractivity contribution in [1.29, 1.82) is 0 Å². The van der Waals surface area contributed by atoms with Gasteiger partial charge in [-0.05, 0) is 37.3 Å². The zero-order valence-corrected chi connectivity index (χ0v) is 15.4. The lowest BCUT2D eigenvalue weighted by Crippen LogP contribution is -2.16. The third kappa shape index (κ3) is 3.63. The van der Waals surface area contributed by atoms with Gasteiger partial charge in [-0.2, -0.15) is 4.99 Å². The van der Waals surface area contributed by atoms with Crippen molar-refractivity contribution in [2.75, 3.05) is 7.11 Å². The second kappa shape index (κ2) is 7.50. The first-order valence-corrected chi connectivity index (χ1v) is 8.81. The number of aromatic nitrogens is 1. The van der Waals surface area contributed by atoms with Crippen LogP contribution in [0.1, 0.15) is 27.6 Å². The molecule has 0 unspecified atom stereocenters. The van der Waals surface area contributed by atoms with Gasteiger partial charge in [0.15, 0.2) is 4.80 Å². The van der Waals surface area contributed by atoms with E-state index in [4.69, 9.17) is 0 Å². The van der Waals surface area contributed by atoms with Gasteiger partial charge in [-0.25, -0.2) is 4.79 Å². The average molecular weight is 385 g/mol. The molecular formula is C18H15N3O5S. The first-order chi connectivity index (χ1) is 12.9. The number of thiazole rings is 1. The molecule has 0 fully saturated rings. The lowest BCUT2D eigenvalue weighted by atomic mass is 10.1. The van der Waals surface area contributed by atoms with Crippen molar-refractivity contribution >= 4 is 39.1 Å². The number of carbonyl (C=O) groups excluding carboxylic acids is 2. The molecule has 9 heteroatoms. The number of methoxy groups -OCH3 is 1. The van der Waals surface area contributed by atoms with Gasteiger partial charge in [-0.15, -0.1) is 0 Å². The van der Waals surface area contributed by atoms with Crippen LogP contribution in [0.5, 0.6) is 0 Å². The second-order valence-electron chi connectivity index (χ2n) is 5.52. The Hall–Kier alpha value is -3.33. The number of hydrogen-bond donors (Lipinski definition) is 0. The molecule has 0 saturated heterocycles. The van der Waals surface area contributed by atoms with Gasteiger partial charge in [-0.1, -0.05) is 11.3 Å². The predicted octanol–water partition coefficient (Wildman–Crippen LogP) is 3.16. The van der Waals surface area contributed by atoms with Crippen molar-refractivity contribution in [2.45, 2.75) is 13.5 Å². The first-order valence-electron chi connectivity index (χ1n) is 7.99. The molecule has 0 N–H and O–H groups in total. The van der Waals surface area contributed by atoms with Crippen molar-refractivity contribution in [3.8, 4) is 0 Å². The maximum absolute atomic E-state index is 12.5. The molecule has 1 amide bonds. The topological polar surface area (TPSA) is 104 Å². The van der Waals surface area contributed by atoms with Crippen molar-refractivity contribution in [2.24, 2.45) is 4.99 Å². The summed E-state index contributed by atoms with van der Waals surface area (Å²) in [5, 5.41) is 11.0. The highest BCUT2D eigenvalue weighted by atomic mass is 32.1. The van der Waals surface area contributed by atoms with E-state index in [-0.39, 0.29) is 5.69 Å². The van der Waals surface area contributed by atoms with E-state index in [0.717, 1.165) is 4.70 Å². The second-order valence-corrected chi connectivity index (χ2v) is 6.53. The van der Waals surface area contributed by atoms with Crippen LogP contribution >= 0.6 is 11.3 Å². The molecule has 0 radical (unpaired) electrons. The molecule has 8 nitrogen and oxygen atoms in total. The van der Waals surface area contributed by atoms with Crippen LogP contribution < -0.4 is 4.80 Å². The molecule has 0 aliphatic rings. The Morgan fingerprint density at radius 3 is 2.44 bits per heavy atom. The Morgan fingerprint density at radius 2 is 1.85 bits per heavy atom. The lowest BCUT2D eigenvalue weighted by Gasteiger charge is -2.01. The standard InChI is InChI=1S/C18H15N3O5S/c1-3-20-14-10-13(21(24)25)8-9-15(14)27-18(20)19-16(22)11-4-6-12(7-5-11)17(23)26-2/h4-10H,3H2,1-2H3. The zero-order chi connectivity index (χ0) is 19.6. The summed E-state index contributed by atoms with van der Waals surface area (Å²) in [5.74, 6) is -0.949. The summed E-state index contributed by atoms with van der Waals surface area (Å²) in [4.78, 5) is 39.1. The van der Waals surface area contributed by atoms with Crippen molar-refractivity contribution in [1.82, 2.24) is 4.57 Å². The molecule has 0 aliphatic carbocycles. The number of nitro groups is 1. The lowest BCUT2D eigenvalue weighted by molar-refractivity contribution is -0.384. The van der Waals surface area contributed by atoms with Crippen LogP contribution in [-0.2, 0) is 11.3 Å². The Balaban J connectivity index is 2.03. The average Bonchev–Trinajstić information content (AvgIpc) is 3.03. The molecule has 0 aliphatic heterocycles. The minimum Gasteiger partial charge on any atom is -0.465 e. The SMILES string of the molecule is CCn1c(=NC(=O)c2ccc(C(=O)OC)cc2)sc2ccc([N+](=O)[O-])cc21. The van der Waals surface area contributed by atoms with Gasteiger partial charge in [0.1, 0.15) is 0 Å². The number of hydrogen-bond acceptors (Lipinski definition) is 6. The van der Waals surface area contributed by atoms with E-state index in [1.54, 1.807) is 10.6 Å². The summed E-state index contributed by atoms with van der Waals surface area (Å²) < 4.78 is 7.18. The van der Waals surface area contributed by atoms with Gasteiger partial charge < -0.3 is 9.30 Å². The maximum atomic E-state index is 12.5. The number of aryl methyl sites for hydroxylation is 1. The largest absolute Gasteiger partial charge is 0.465 e. The van der Waals surface area contributed by atoms with Gasteiger partial charge in [0.05, 0.1) is 27.8 Å². The van der Waals surface area contributed by atoms with E-state index in [2.05, 4.69) is 9.73 Å². The molecule has 0 bridgehead atoms. The summed E-state index contributed by atoms with van der Waals surface area (Å²) in [7, 11) is 1.28. The van der Waals surface area contributed by atoms with Crippen LogP contribution in [0.15, 0.2) is 47.5 Å². The molecule has 1 heterocycles. The molecule has 1 aromatic heterocycles. The monoisotopic (exact) mass is 385 g/mol. The number of nitro benzene ring substituents is 1. The van der Waals surface area contributed by atoms with E-state index < -0.39 is 16.8 Å². The van der Waals surface area contributed by atoms with Crippen LogP contribution in [-0.4, -0.2) is 28.5 Å². The Morgan fingerprint density at radius 1 is 1.19 bits per heavy atom. The molecule has 138 valence electrons. The third-order valence-corrected chi connectivity index (χ3v) is 5.00. The van der Waals surface area contributed by atoms with Gasteiger partial charge in [0.2, 0.25) is 0 Å². The Kier molecular flexibility index (Phi) is 5.13. The number of amides is 1. The number of benzene rings is 2. The maximum Gasteiger partial charge on any atom is 0.337 e. The van der Waals surface area contributed by atoms with E-state index in [1.807, 2.05) is 6.92 Å². The molecule has 27 heavy (non-hydrogen) atoms. The number of fused-ring (bicyclic) bond motifs is 1. The van der Waals surface area contributed by atoms with Gasteiger partial charge >= 0.3 is 5.97 Å². The smallest absolute Gasteiger partial charge is 0.337 e. The Bertz CT molecular complexity index is 1110. The molecule has 0 atom stereocenters. The summed E-state index contributed by atoms with van der Waals surface area (Å²) in [6, 6.07) is 10.6. The molecule has 2 aromatic carbocycles. The van der Waals surface area contributed by atoms with Crippen molar-refractivity contribution in [3.63, 3.8) is 0 Å². The zero-order valence-electron chi connectivity index (χ0n) is 14.5. The molecular weight excluding hydrogens is 370 g/mol. The molecule has 3 rings (SSSR count). The van der Waals surface area contributed by atoms with E-state index in [1.165, 1.54) is 54.8 Å². The number of esters is 1. The van der Waals surface area contributed by atoms with Crippen molar-refractivity contribution < 1.29 is 19.2 Å². The fourth-order valence-electron chi connectivity index (χ4n) is 2.58. The first kappa shape index (κ1) is 18.5. The number of non-ortho nitro benzene ring substituents is 1. The van der Waals surface area contributed by atoms with Crippen LogP contribution in [0.3, 0.4) is 0 Å². The summed E-state index contributed by atoms with van der Waals surface area (Å²) in [5.41, 5.74) is 1.31. The minimum atomic E-state index is -0.485. The van der Waals surface area contributed by atoms with Crippen LogP contribution in [0.2, 0.25) is 0 Å². The quantitative estimate of drug-likeness (QED) is 0.390. The number of ether oxygens (including phenoxy) is 1. The summed E-state index contributed by atoms with van der Waals surface area (Å²) in [6.07, 6.45) is 0. The van der Waals surface area contributed by atoms with Crippen LogP contribution in [0.25, 0.3) is 10.2 Å². The minimum absolute atomic E-state index is 0.0150. The van der Waals surface area contributed by atoms with E-state index >= 15 is 0 Å². The van der Waals surface area contributed by atoms with Gasteiger partial charge in [0, 0.05) is 24.2 Å². The van der Waals surface area contributed by atoms with Gasteiger partial charge in [-0.3, -0.25) is 14.9 Å². The van der Waals surface area contributed by atoms with E-state index in [9.17, 15) is 19.7 Å². The fourth-order valence-corrected chi connectivity index (χ4v) is 3.65. The third-order valence-electron chi connectivity index (χ3n) is 3.94. The molecule has 3 aromatic rings. The van der Waals surface area contributed by atoms with Crippen LogP contribution in [0.4, 0.5) is 5.69 Å². The highest BCUT2D eigenvalue weighted by molar-refractivity contribution is 7.16. The van der Waals surface area contributed by atoms with Crippen LogP contribution in [0, 0.1) is 10.1 Å². The summed E-state index contributed by atoms with van der Waals surface area (Å²) in [6.45, 7) is 2.38. The number of nitrogens with zero attached hydrogens (tertiary/aromatic N) is 3. The van der Waals surface area contributed by atoms with Gasteiger partial charge in [0.25, 0.3) is 11.6 Å². The fraction of sp³-hybridized carbons (Fsp3) is 0.167. The molecule has 0 saturated carbocycles. The highest BCUT2D eigenvalue weighted by Gasteiger charge is 2.13. The highest BCUT2D eigenvalue weighted by Crippen LogP contribution is 2.23. The predicted molar refractivity (Wildman–Crippen MR) is 99.8 cm³/mol.